The van der Waals surface area contributed by atoms with Crippen LogP contribution >= 0.6 is 0 Å². The Balaban J connectivity index is 1.04. The first-order valence-corrected chi connectivity index (χ1v) is 17.6. The Bertz CT molecular complexity index is 3180. The fourth-order valence-corrected chi connectivity index (χ4v) is 7.93. The molecule has 0 atom stereocenters. The summed E-state index contributed by atoms with van der Waals surface area (Å²) in [5.41, 5.74) is 11.6. The zero-order valence-corrected chi connectivity index (χ0v) is 28.0. The molecule has 52 heavy (non-hydrogen) atoms. The van der Waals surface area contributed by atoms with Crippen LogP contribution in [0.15, 0.2) is 180 Å². The molecular weight excluding hydrogens is 635 g/mol. The van der Waals surface area contributed by atoms with Crippen LogP contribution in [0.1, 0.15) is 0 Å². The van der Waals surface area contributed by atoms with E-state index >= 15 is 0 Å². The highest BCUT2D eigenvalue weighted by Gasteiger charge is 2.19. The molecule has 0 radical (unpaired) electrons. The van der Waals surface area contributed by atoms with E-state index in [1.165, 1.54) is 27.3 Å². The van der Waals surface area contributed by atoms with E-state index in [9.17, 15) is 0 Å². The van der Waals surface area contributed by atoms with Gasteiger partial charge in [0.15, 0.2) is 0 Å². The molecule has 11 rings (SSSR count). The summed E-state index contributed by atoms with van der Waals surface area (Å²) in [5.74, 6) is 0.660. The lowest BCUT2D eigenvalue weighted by molar-refractivity contribution is 0.669. The fourth-order valence-electron chi connectivity index (χ4n) is 7.93. The molecule has 0 fully saturated rings. The van der Waals surface area contributed by atoms with Crippen LogP contribution in [0.3, 0.4) is 0 Å². The van der Waals surface area contributed by atoms with Crippen LogP contribution in [0.4, 0.5) is 0 Å². The Hall–Kier alpha value is -7.04. The van der Waals surface area contributed by atoms with Gasteiger partial charge in [0.1, 0.15) is 11.2 Å². The maximum absolute atomic E-state index is 6.07. The quantitative estimate of drug-likeness (QED) is 0.188. The Morgan fingerprint density at radius 2 is 0.981 bits per heavy atom. The zero-order valence-electron chi connectivity index (χ0n) is 28.0. The van der Waals surface area contributed by atoms with Gasteiger partial charge in [-0.05, 0) is 75.5 Å². The molecule has 8 aromatic carbocycles. The van der Waals surface area contributed by atoms with Gasteiger partial charge in [-0.2, -0.15) is 0 Å². The number of nitrogens with zero attached hydrogens (tertiary/aromatic N) is 3. The number of fused-ring (bicyclic) bond motifs is 8. The molecule has 0 N–H and O–H groups in total. The van der Waals surface area contributed by atoms with Gasteiger partial charge in [0.05, 0.1) is 22.2 Å². The molecule has 0 aliphatic carbocycles. The summed E-state index contributed by atoms with van der Waals surface area (Å²) in [6.07, 6.45) is 0. The summed E-state index contributed by atoms with van der Waals surface area (Å²) in [4.78, 5) is 10.5. The SMILES string of the molecule is c1ccc2c(-c3nc(-n4c5ccccc5c5cc(-c6ccc(-c7ccc8oc9ccccc9c8c7)cc6)ccc54)nc4ccccc34)cccc2c1. The largest absolute Gasteiger partial charge is 0.456 e. The molecule has 0 amide bonds. The normalized spacial score (nSPS) is 11.8. The van der Waals surface area contributed by atoms with Crippen molar-refractivity contribution in [2.75, 3.05) is 0 Å². The van der Waals surface area contributed by atoms with E-state index in [1.54, 1.807) is 0 Å². The standard InChI is InChI=1S/C48H29N3O/c1-2-12-35-32(10-1)11-9-16-38(35)47-39-15-3-6-17-42(39)49-48(50-47)51-43-18-7-4-13-36(43)40-28-33(24-26-44(40)51)30-20-22-31(23-21-30)34-25-27-46-41(29-34)37-14-5-8-19-45(37)52-46/h1-29H. The lowest BCUT2D eigenvalue weighted by Crippen LogP contribution is -2.03. The Morgan fingerprint density at radius 1 is 0.385 bits per heavy atom. The second-order valence-corrected chi connectivity index (χ2v) is 13.4. The predicted molar refractivity (Wildman–Crippen MR) is 215 cm³/mol. The third-order valence-electron chi connectivity index (χ3n) is 10.4. The predicted octanol–water partition coefficient (Wildman–Crippen LogP) is 12.8. The van der Waals surface area contributed by atoms with Crippen molar-refractivity contribution in [3.63, 3.8) is 0 Å². The molecule has 0 saturated heterocycles. The first-order valence-electron chi connectivity index (χ1n) is 17.6. The van der Waals surface area contributed by atoms with E-state index in [2.05, 4.69) is 162 Å². The van der Waals surface area contributed by atoms with E-state index in [4.69, 9.17) is 14.4 Å². The fraction of sp³-hybridized carbons (Fsp3) is 0. The molecule has 0 aliphatic rings. The number of rotatable bonds is 4. The molecule has 3 heterocycles. The van der Waals surface area contributed by atoms with Gasteiger partial charge < -0.3 is 4.42 Å². The van der Waals surface area contributed by atoms with Crippen LogP contribution in [0.25, 0.3) is 105 Å². The lowest BCUT2D eigenvalue weighted by atomic mass is 9.98. The minimum Gasteiger partial charge on any atom is -0.456 e. The average Bonchev–Trinajstić information content (AvgIpc) is 3.75. The number of aromatic nitrogens is 3. The van der Waals surface area contributed by atoms with E-state index in [0.717, 1.165) is 71.6 Å². The van der Waals surface area contributed by atoms with E-state index in [1.807, 2.05) is 18.2 Å². The molecule has 0 aliphatic heterocycles. The van der Waals surface area contributed by atoms with Crippen LogP contribution in [0.5, 0.6) is 0 Å². The smallest absolute Gasteiger partial charge is 0.235 e. The third-order valence-corrected chi connectivity index (χ3v) is 10.4. The van der Waals surface area contributed by atoms with Gasteiger partial charge in [0.25, 0.3) is 0 Å². The molecule has 11 aromatic rings. The molecule has 4 nitrogen and oxygen atoms in total. The van der Waals surface area contributed by atoms with E-state index in [-0.39, 0.29) is 0 Å². The van der Waals surface area contributed by atoms with Crippen LogP contribution in [0, 0.1) is 0 Å². The first-order chi connectivity index (χ1) is 25.8. The highest BCUT2D eigenvalue weighted by atomic mass is 16.3. The Kier molecular flexibility index (Phi) is 6.22. The number of hydrogen-bond donors (Lipinski definition) is 0. The van der Waals surface area contributed by atoms with Crippen LogP contribution in [0.2, 0.25) is 0 Å². The number of benzene rings is 8. The van der Waals surface area contributed by atoms with Gasteiger partial charge in [0, 0.05) is 32.5 Å². The van der Waals surface area contributed by atoms with Gasteiger partial charge in [-0.3, -0.25) is 4.57 Å². The van der Waals surface area contributed by atoms with Crippen molar-refractivity contribution in [2.24, 2.45) is 0 Å². The third kappa shape index (κ3) is 4.41. The van der Waals surface area contributed by atoms with E-state index < -0.39 is 0 Å². The number of furan rings is 1. The topological polar surface area (TPSA) is 43.9 Å². The zero-order chi connectivity index (χ0) is 34.2. The van der Waals surface area contributed by atoms with Crippen LogP contribution < -0.4 is 0 Å². The molecule has 4 heteroatoms. The molecule has 3 aromatic heterocycles. The van der Waals surface area contributed by atoms with Crippen molar-refractivity contribution in [2.45, 2.75) is 0 Å². The number of hydrogen-bond acceptors (Lipinski definition) is 3. The highest BCUT2D eigenvalue weighted by molar-refractivity contribution is 6.11. The van der Waals surface area contributed by atoms with Crippen molar-refractivity contribution in [1.29, 1.82) is 0 Å². The molecule has 242 valence electrons. The van der Waals surface area contributed by atoms with Gasteiger partial charge in [-0.15, -0.1) is 0 Å². The van der Waals surface area contributed by atoms with Gasteiger partial charge in [0.2, 0.25) is 5.95 Å². The van der Waals surface area contributed by atoms with Crippen molar-refractivity contribution in [1.82, 2.24) is 14.5 Å². The van der Waals surface area contributed by atoms with E-state index in [0.29, 0.717) is 5.95 Å². The minimum absolute atomic E-state index is 0.660. The maximum atomic E-state index is 6.07. The molecular formula is C48H29N3O. The molecule has 0 bridgehead atoms. The summed E-state index contributed by atoms with van der Waals surface area (Å²) in [6.45, 7) is 0. The monoisotopic (exact) mass is 663 g/mol. The van der Waals surface area contributed by atoms with Gasteiger partial charge >= 0.3 is 0 Å². The first kappa shape index (κ1) is 28.8. The molecule has 0 unspecified atom stereocenters. The van der Waals surface area contributed by atoms with Gasteiger partial charge in [-0.25, -0.2) is 9.97 Å². The van der Waals surface area contributed by atoms with Crippen LogP contribution in [-0.4, -0.2) is 14.5 Å². The van der Waals surface area contributed by atoms with Crippen molar-refractivity contribution < 1.29 is 4.42 Å². The van der Waals surface area contributed by atoms with Crippen molar-refractivity contribution in [3.05, 3.63) is 176 Å². The minimum atomic E-state index is 0.660. The second-order valence-electron chi connectivity index (χ2n) is 13.4. The van der Waals surface area contributed by atoms with Crippen molar-refractivity contribution in [3.8, 4) is 39.5 Å². The number of para-hydroxylation sites is 3. The highest BCUT2D eigenvalue weighted by Crippen LogP contribution is 2.38. The summed E-state index contributed by atoms with van der Waals surface area (Å²) >= 11 is 0. The summed E-state index contributed by atoms with van der Waals surface area (Å²) < 4.78 is 8.28. The molecule has 0 saturated carbocycles. The maximum Gasteiger partial charge on any atom is 0.235 e. The average molecular weight is 664 g/mol. The second kappa shape index (κ2) is 11.2. The van der Waals surface area contributed by atoms with Crippen LogP contribution in [-0.2, 0) is 0 Å². The molecule has 0 spiro atoms. The Labute approximate surface area is 298 Å². The summed E-state index contributed by atoms with van der Waals surface area (Å²) in [6, 6.07) is 62.1. The van der Waals surface area contributed by atoms with Gasteiger partial charge in [-0.1, -0.05) is 133 Å². The van der Waals surface area contributed by atoms with Crippen molar-refractivity contribution >= 4 is 65.4 Å². The Morgan fingerprint density at radius 3 is 1.83 bits per heavy atom. The lowest BCUT2D eigenvalue weighted by Gasteiger charge is -2.13. The summed E-state index contributed by atoms with van der Waals surface area (Å²) in [7, 11) is 0. The summed E-state index contributed by atoms with van der Waals surface area (Å²) in [5, 5.41) is 8.01.